The van der Waals surface area contributed by atoms with Crippen molar-refractivity contribution < 1.29 is 9.59 Å². The van der Waals surface area contributed by atoms with Gasteiger partial charge in [0.05, 0.1) is 12.2 Å². The van der Waals surface area contributed by atoms with Crippen molar-refractivity contribution >= 4 is 23.3 Å². The van der Waals surface area contributed by atoms with Crippen LogP contribution in [0.25, 0.3) is 0 Å². The van der Waals surface area contributed by atoms with Crippen molar-refractivity contribution in [2.75, 3.05) is 17.2 Å². The molecular formula is C19H25N5O2. The predicted octanol–water partition coefficient (Wildman–Crippen LogP) is 3.83. The normalized spacial score (nSPS) is 17.0. The number of amides is 3. The lowest BCUT2D eigenvalue weighted by molar-refractivity contribution is -0.115. The molecule has 0 saturated carbocycles. The van der Waals surface area contributed by atoms with Crippen LogP contribution in [0.4, 0.5) is 16.2 Å². The number of carbonyl (C=O) groups is 2. The third-order valence-corrected chi connectivity index (χ3v) is 4.75. The first-order valence-electron chi connectivity index (χ1n) is 9.05. The van der Waals surface area contributed by atoms with E-state index in [1.165, 1.54) is 0 Å². The van der Waals surface area contributed by atoms with Gasteiger partial charge in [0, 0.05) is 36.1 Å². The molecule has 1 aliphatic rings. The second-order valence-corrected chi connectivity index (χ2v) is 6.60. The van der Waals surface area contributed by atoms with Gasteiger partial charge in [-0.1, -0.05) is 13.0 Å². The molecule has 0 radical (unpaired) electrons. The lowest BCUT2D eigenvalue weighted by Crippen LogP contribution is -2.41. The molecule has 1 fully saturated rings. The predicted molar refractivity (Wildman–Crippen MR) is 101 cm³/mol. The van der Waals surface area contributed by atoms with Gasteiger partial charge >= 0.3 is 6.03 Å². The van der Waals surface area contributed by atoms with E-state index in [2.05, 4.69) is 20.8 Å². The van der Waals surface area contributed by atoms with E-state index in [-0.39, 0.29) is 18.0 Å². The van der Waals surface area contributed by atoms with Crippen LogP contribution in [-0.2, 0) is 4.79 Å². The van der Waals surface area contributed by atoms with Gasteiger partial charge in [-0.3, -0.25) is 9.89 Å². The molecule has 0 aliphatic carbocycles. The number of nitrogens with zero attached hydrogens (tertiary/aromatic N) is 2. The van der Waals surface area contributed by atoms with E-state index < -0.39 is 0 Å². The number of benzene rings is 1. The highest BCUT2D eigenvalue weighted by Gasteiger charge is 2.28. The standard InChI is InChI=1S/C19H25N5O2/c1-3-18(25)22-15-8-7-13(2)16(10-15)23-19(26)24-9-5-4-6-17(24)14-11-20-21-12-14/h7-8,10-12,17H,3-6,9H2,1-2H3,(H,20,21)(H,22,25)(H,23,26). The Bertz CT molecular complexity index is 772. The smallest absolute Gasteiger partial charge is 0.322 e. The number of hydrogen-bond acceptors (Lipinski definition) is 3. The molecule has 2 heterocycles. The highest BCUT2D eigenvalue weighted by atomic mass is 16.2. The van der Waals surface area contributed by atoms with Gasteiger partial charge in [-0.15, -0.1) is 0 Å². The summed E-state index contributed by atoms with van der Waals surface area (Å²) in [5, 5.41) is 12.7. The highest BCUT2D eigenvalue weighted by Crippen LogP contribution is 2.31. The van der Waals surface area contributed by atoms with Crippen LogP contribution in [0.15, 0.2) is 30.6 Å². The average Bonchev–Trinajstić information content (AvgIpc) is 3.19. The number of carbonyl (C=O) groups excluding carboxylic acids is 2. The largest absolute Gasteiger partial charge is 0.326 e. The maximum absolute atomic E-state index is 12.9. The van der Waals surface area contributed by atoms with Gasteiger partial charge < -0.3 is 15.5 Å². The first-order valence-corrected chi connectivity index (χ1v) is 9.05. The second kappa shape index (κ2) is 8.03. The van der Waals surface area contributed by atoms with Crippen LogP contribution in [0.3, 0.4) is 0 Å². The minimum absolute atomic E-state index is 0.0331. The van der Waals surface area contributed by atoms with Gasteiger partial charge in [-0.25, -0.2) is 4.79 Å². The van der Waals surface area contributed by atoms with Crippen LogP contribution in [0.1, 0.15) is 49.8 Å². The summed E-state index contributed by atoms with van der Waals surface area (Å²) < 4.78 is 0. The SMILES string of the molecule is CCC(=O)Nc1ccc(C)c(NC(=O)N2CCCCC2c2cn[nH]c2)c1. The number of anilines is 2. The Morgan fingerprint density at radius 2 is 2.15 bits per heavy atom. The third-order valence-electron chi connectivity index (χ3n) is 4.75. The van der Waals surface area contributed by atoms with E-state index in [0.29, 0.717) is 24.3 Å². The number of aromatic amines is 1. The molecule has 1 unspecified atom stereocenters. The lowest BCUT2D eigenvalue weighted by Gasteiger charge is -2.35. The fourth-order valence-corrected chi connectivity index (χ4v) is 3.24. The molecule has 3 amide bonds. The number of H-pyrrole nitrogens is 1. The van der Waals surface area contributed by atoms with E-state index in [4.69, 9.17) is 0 Å². The van der Waals surface area contributed by atoms with E-state index in [1.54, 1.807) is 19.2 Å². The second-order valence-electron chi connectivity index (χ2n) is 6.60. The maximum atomic E-state index is 12.9. The fourth-order valence-electron chi connectivity index (χ4n) is 3.24. The van der Waals surface area contributed by atoms with Gasteiger partial charge in [-0.05, 0) is 43.9 Å². The molecule has 138 valence electrons. The average molecular weight is 355 g/mol. The number of hydrogen-bond donors (Lipinski definition) is 3. The topological polar surface area (TPSA) is 90.1 Å². The van der Waals surface area contributed by atoms with Crippen LogP contribution in [0.2, 0.25) is 0 Å². The molecule has 0 bridgehead atoms. The molecule has 7 heteroatoms. The van der Waals surface area contributed by atoms with Crippen LogP contribution >= 0.6 is 0 Å². The van der Waals surface area contributed by atoms with Crippen LogP contribution in [0, 0.1) is 6.92 Å². The molecule has 1 saturated heterocycles. The quantitative estimate of drug-likeness (QED) is 0.778. The Hall–Kier alpha value is -2.83. The molecule has 26 heavy (non-hydrogen) atoms. The van der Waals surface area contributed by atoms with E-state index in [1.807, 2.05) is 30.2 Å². The number of aryl methyl sites for hydroxylation is 1. The summed E-state index contributed by atoms with van der Waals surface area (Å²) in [6.45, 7) is 4.45. The Kier molecular flexibility index (Phi) is 5.55. The molecule has 1 aromatic carbocycles. The van der Waals surface area contributed by atoms with E-state index in [9.17, 15) is 9.59 Å². The van der Waals surface area contributed by atoms with Crippen molar-refractivity contribution in [3.8, 4) is 0 Å². The summed E-state index contributed by atoms with van der Waals surface area (Å²) >= 11 is 0. The number of nitrogens with one attached hydrogen (secondary N) is 3. The van der Waals surface area contributed by atoms with Gasteiger partial charge in [-0.2, -0.15) is 5.10 Å². The minimum Gasteiger partial charge on any atom is -0.326 e. The molecular weight excluding hydrogens is 330 g/mol. The summed E-state index contributed by atoms with van der Waals surface area (Å²) in [5.41, 5.74) is 3.37. The third kappa shape index (κ3) is 4.04. The molecule has 3 rings (SSSR count). The van der Waals surface area contributed by atoms with Crippen LogP contribution in [-0.4, -0.2) is 33.6 Å². The Morgan fingerprint density at radius 1 is 1.31 bits per heavy atom. The molecule has 7 nitrogen and oxygen atoms in total. The van der Waals surface area contributed by atoms with Gasteiger partial charge in [0.25, 0.3) is 0 Å². The molecule has 1 aliphatic heterocycles. The Labute approximate surface area is 153 Å². The first-order chi connectivity index (χ1) is 12.6. The molecule has 1 atom stereocenters. The highest BCUT2D eigenvalue weighted by molar-refractivity contribution is 5.94. The zero-order valence-electron chi connectivity index (χ0n) is 15.2. The van der Waals surface area contributed by atoms with Crippen LogP contribution in [0.5, 0.6) is 0 Å². The van der Waals surface area contributed by atoms with Crippen molar-refractivity contribution in [3.05, 3.63) is 41.7 Å². The van der Waals surface area contributed by atoms with Gasteiger partial charge in [0.15, 0.2) is 0 Å². The van der Waals surface area contributed by atoms with Crippen molar-refractivity contribution in [3.63, 3.8) is 0 Å². The maximum Gasteiger partial charge on any atom is 0.322 e. The number of aromatic nitrogens is 2. The Balaban J connectivity index is 1.76. The van der Waals surface area contributed by atoms with Gasteiger partial charge in [0.1, 0.15) is 0 Å². The molecule has 0 spiro atoms. The van der Waals surface area contributed by atoms with Gasteiger partial charge in [0.2, 0.25) is 5.91 Å². The van der Waals surface area contributed by atoms with Crippen molar-refractivity contribution in [1.29, 1.82) is 0 Å². The monoisotopic (exact) mass is 355 g/mol. The van der Waals surface area contributed by atoms with Crippen molar-refractivity contribution in [1.82, 2.24) is 15.1 Å². The summed E-state index contributed by atoms with van der Waals surface area (Å²) in [6, 6.07) is 5.44. The number of likely N-dealkylation sites (tertiary alicyclic amines) is 1. The molecule has 2 aromatic rings. The minimum atomic E-state index is -0.127. The Morgan fingerprint density at radius 3 is 2.88 bits per heavy atom. The summed E-state index contributed by atoms with van der Waals surface area (Å²) in [6.07, 6.45) is 7.06. The van der Waals surface area contributed by atoms with E-state index in [0.717, 1.165) is 30.4 Å². The number of urea groups is 1. The fraction of sp³-hybridized carbons (Fsp3) is 0.421. The van der Waals surface area contributed by atoms with E-state index >= 15 is 0 Å². The summed E-state index contributed by atoms with van der Waals surface area (Å²) in [5.74, 6) is -0.0535. The summed E-state index contributed by atoms with van der Waals surface area (Å²) in [4.78, 5) is 26.4. The summed E-state index contributed by atoms with van der Waals surface area (Å²) in [7, 11) is 0. The zero-order valence-corrected chi connectivity index (χ0v) is 15.2. The van der Waals surface area contributed by atoms with Crippen molar-refractivity contribution in [2.24, 2.45) is 0 Å². The first kappa shape index (κ1) is 18.0. The van der Waals surface area contributed by atoms with Crippen molar-refractivity contribution in [2.45, 2.75) is 45.6 Å². The zero-order chi connectivity index (χ0) is 18.5. The molecule has 3 N–H and O–H groups in total. The molecule has 1 aromatic heterocycles. The van der Waals surface area contributed by atoms with Crippen LogP contribution < -0.4 is 10.6 Å². The lowest BCUT2D eigenvalue weighted by atomic mass is 9.98. The number of piperidine rings is 1. The number of rotatable bonds is 4.